The second-order valence-corrected chi connectivity index (χ2v) is 6.35. The first-order valence-corrected chi connectivity index (χ1v) is 8.26. The summed E-state index contributed by atoms with van der Waals surface area (Å²) in [6, 6.07) is 11.7. The van der Waals surface area contributed by atoms with Gasteiger partial charge in [-0.05, 0) is 24.6 Å². The topological polar surface area (TPSA) is 70.6 Å². The average Bonchev–Trinajstić information content (AvgIpc) is 3.02. The van der Waals surface area contributed by atoms with E-state index >= 15 is 0 Å². The van der Waals surface area contributed by atoms with Gasteiger partial charge in [-0.1, -0.05) is 41.2 Å². The number of thiophene rings is 1. The van der Waals surface area contributed by atoms with E-state index in [9.17, 15) is 9.90 Å². The predicted octanol–water partition coefficient (Wildman–Crippen LogP) is 1.95. The number of hydrogen-bond donors (Lipinski definition) is 3. The summed E-state index contributed by atoms with van der Waals surface area (Å²) in [5.41, 5.74) is 2.38. The molecule has 2 aromatic rings. The summed E-state index contributed by atoms with van der Waals surface area (Å²) in [5, 5.41) is 16.5. The summed E-state index contributed by atoms with van der Waals surface area (Å²) in [6.07, 6.45) is -0.634. The van der Waals surface area contributed by atoms with E-state index in [1.807, 2.05) is 25.1 Å². The van der Waals surface area contributed by atoms with E-state index in [0.29, 0.717) is 23.0 Å². The Kier molecular flexibility index (Phi) is 6.58. The lowest BCUT2D eigenvalue weighted by Crippen LogP contribution is -2.37. The molecule has 0 saturated carbocycles. The highest BCUT2D eigenvalue weighted by molar-refractivity contribution is 7.15. The first kappa shape index (κ1) is 17.5. The Morgan fingerprint density at radius 1 is 1.30 bits per heavy atom. The Labute approximate surface area is 140 Å². The molecule has 1 aromatic carbocycles. The first-order chi connectivity index (χ1) is 11.1. The van der Waals surface area contributed by atoms with Gasteiger partial charge < -0.3 is 20.5 Å². The van der Waals surface area contributed by atoms with Crippen LogP contribution < -0.4 is 15.4 Å². The number of nitrogens with one attached hydrogen (secondary N) is 2. The highest BCUT2D eigenvalue weighted by Crippen LogP contribution is 2.23. The fourth-order valence-corrected chi connectivity index (χ4v) is 2.86. The Hall–Kier alpha value is -1.89. The van der Waals surface area contributed by atoms with Gasteiger partial charge in [-0.3, -0.25) is 4.79 Å². The number of hydrogen-bond acceptors (Lipinski definition) is 5. The minimum Gasteiger partial charge on any atom is -0.487 e. The van der Waals surface area contributed by atoms with Crippen molar-refractivity contribution < 1.29 is 14.6 Å². The van der Waals surface area contributed by atoms with Crippen molar-refractivity contribution in [3.8, 4) is 5.06 Å². The zero-order chi connectivity index (χ0) is 16.7. The molecule has 0 bridgehead atoms. The first-order valence-electron chi connectivity index (χ1n) is 7.45. The van der Waals surface area contributed by atoms with Crippen LogP contribution in [0.4, 0.5) is 0 Å². The van der Waals surface area contributed by atoms with Crippen molar-refractivity contribution in [2.45, 2.75) is 19.6 Å². The number of benzene rings is 1. The normalized spacial score (nSPS) is 12.0. The molecule has 124 valence electrons. The van der Waals surface area contributed by atoms with E-state index in [2.05, 4.69) is 16.7 Å². The average molecular weight is 334 g/mol. The van der Waals surface area contributed by atoms with Gasteiger partial charge in [-0.25, -0.2) is 0 Å². The SMILES string of the molecule is COc1ccc(C(=O)NCC(O)CNCc2cccc(C)c2)s1. The van der Waals surface area contributed by atoms with E-state index in [-0.39, 0.29) is 12.5 Å². The van der Waals surface area contributed by atoms with E-state index < -0.39 is 6.10 Å². The van der Waals surface area contributed by atoms with Gasteiger partial charge in [0.2, 0.25) is 0 Å². The zero-order valence-corrected chi connectivity index (χ0v) is 14.2. The molecule has 1 atom stereocenters. The van der Waals surface area contributed by atoms with Gasteiger partial charge in [-0.15, -0.1) is 0 Å². The standard InChI is InChI=1S/C17H22N2O3S/c1-12-4-3-5-13(8-12)9-18-10-14(20)11-19-17(21)15-6-7-16(22-2)23-15/h3-8,14,18,20H,9-11H2,1-2H3,(H,19,21). The van der Waals surface area contributed by atoms with Crippen LogP contribution in [0.1, 0.15) is 20.8 Å². The molecule has 1 unspecified atom stereocenters. The van der Waals surface area contributed by atoms with Gasteiger partial charge in [0.05, 0.1) is 18.1 Å². The summed E-state index contributed by atoms with van der Waals surface area (Å²) < 4.78 is 5.05. The maximum absolute atomic E-state index is 11.9. The Balaban J connectivity index is 1.68. The number of aryl methyl sites for hydroxylation is 1. The molecule has 0 spiro atoms. The van der Waals surface area contributed by atoms with Gasteiger partial charge in [0.15, 0.2) is 5.06 Å². The third kappa shape index (κ3) is 5.67. The fraction of sp³-hybridized carbons (Fsp3) is 0.353. The third-order valence-corrected chi connectivity index (χ3v) is 4.34. The van der Waals surface area contributed by atoms with Crippen molar-refractivity contribution in [1.82, 2.24) is 10.6 Å². The van der Waals surface area contributed by atoms with Crippen molar-refractivity contribution in [3.63, 3.8) is 0 Å². The van der Waals surface area contributed by atoms with Gasteiger partial charge in [0.1, 0.15) is 0 Å². The van der Waals surface area contributed by atoms with Gasteiger partial charge in [-0.2, -0.15) is 0 Å². The summed E-state index contributed by atoms with van der Waals surface area (Å²) in [6.45, 7) is 3.37. The van der Waals surface area contributed by atoms with Crippen molar-refractivity contribution in [3.05, 3.63) is 52.4 Å². The van der Waals surface area contributed by atoms with Crippen LogP contribution in [0, 0.1) is 6.92 Å². The fourth-order valence-electron chi connectivity index (χ4n) is 2.13. The highest BCUT2D eigenvalue weighted by Gasteiger charge is 2.11. The number of carbonyl (C=O) groups excluding carboxylic acids is 1. The molecule has 0 saturated heterocycles. The predicted molar refractivity (Wildman–Crippen MR) is 92.1 cm³/mol. The van der Waals surface area contributed by atoms with Crippen LogP contribution in [0.15, 0.2) is 36.4 Å². The van der Waals surface area contributed by atoms with Crippen molar-refractivity contribution in [2.24, 2.45) is 0 Å². The van der Waals surface area contributed by atoms with Crippen molar-refractivity contribution in [2.75, 3.05) is 20.2 Å². The molecule has 6 heteroatoms. The summed E-state index contributed by atoms with van der Waals surface area (Å²) in [5.74, 6) is -0.198. The zero-order valence-electron chi connectivity index (χ0n) is 13.3. The maximum atomic E-state index is 11.9. The number of aliphatic hydroxyl groups is 1. The molecule has 1 amide bonds. The lowest BCUT2D eigenvalue weighted by Gasteiger charge is -2.13. The van der Waals surface area contributed by atoms with Crippen molar-refractivity contribution in [1.29, 1.82) is 0 Å². The van der Waals surface area contributed by atoms with Crippen LogP contribution in [0.3, 0.4) is 0 Å². The van der Waals surface area contributed by atoms with Crippen LogP contribution >= 0.6 is 11.3 Å². The molecule has 0 fully saturated rings. The number of carbonyl (C=O) groups is 1. The molecule has 23 heavy (non-hydrogen) atoms. The van der Waals surface area contributed by atoms with E-state index in [1.165, 1.54) is 22.5 Å². The number of amides is 1. The van der Waals surface area contributed by atoms with E-state index in [4.69, 9.17) is 4.74 Å². The molecule has 5 nitrogen and oxygen atoms in total. The maximum Gasteiger partial charge on any atom is 0.261 e. The Morgan fingerprint density at radius 3 is 2.83 bits per heavy atom. The van der Waals surface area contributed by atoms with Gasteiger partial charge in [0.25, 0.3) is 5.91 Å². The number of methoxy groups -OCH3 is 1. The Bertz CT molecular complexity index is 642. The summed E-state index contributed by atoms with van der Waals surface area (Å²) >= 11 is 1.28. The van der Waals surface area contributed by atoms with Crippen molar-refractivity contribution >= 4 is 17.2 Å². The van der Waals surface area contributed by atoms with E-state index in [0.717, 1.165) is 0 Å². The van der Waals surface area contributed by atoms with Crippen LogP contribution in [0.2, 0.25) is 0 Å². The molecule has 0 aliphatic carbocycles. The lowest BCUT2D eigenvalue weighted by atomic mass is 10.1. The molecule has 0 aliphatic rings. The van der Waals surface area contributed by atoms with Crippen LogP contribution in [0.5, 0.6) is 5.06 Å². The summed E-state index contributed by atoms with van der Waals surface area (Å²) in [7, 11) is 1.57. The molecule has 1 heterocycles. The van der Waals surface area contributed by atoms with Crippen LogP contribution in [-0.4, -0.2) is 37.3 Å². The minimum absolute atomic E-state index is 0.198. The monoisotopic (exact) mass is 334 g/mol. The lowest BCUT2D eigenvalue weighted by molar-refractivity contribution is 0.0919. The van der Waals surface area contributed by atoms with Crippen LogP contribution in [0.25, 0.3) is 0 Å². The second kappa shape index (κ2) is 8.67. The molecule has 0 radical (unpaired) electrons. The van der Waals surface area contributed by atoms with Gasteiger partial charge in [0, 0.05) is 19.6 Å². The quantitative estimate of drug-likeness (QED) is 0.690. The third-order valence-electron chi connectivity index (χ3n) is 3.30. The molecular weight excluding hydrogens is 312 g/mol. The highest BCUT2D eigenvalue weighted by atomic mass is 32.1. The number of ether oxygens (including phenoxy) is 1. The summed E-state index contributed by atoms with van der Waals surface area (Å²) in [4.78, 5) is 12.5. The molecular formula is C17H22N2O3S. The van der Waals surface area contributed by atoms with Crippen LogP contribution in [-0.2, 0) is 6.54 Å². The number of aliphatic hydroxyl groups excluding tert-OH is 1. The van der Waals surface area contributed by atoms with Gasteiger partial charge >= 0.3 is 0 Å². The second-order valence-electron chi connectivity index (χ2n) is 5.31. The molecule has 2 rings (SSSR count). The molecule has 1 aromatic heterocycles. The molecule has 3 N–H and O–H groups in total. The largest absolute Gasteiger partial charge is 0.487 e. The Morgan fingerprint density at radius 2 is 2.13 bits per heavy atom. The molecule has 0 aliphatic heterocycles. The number of rotatable bonds is 8. The van der Waals surface area contributed by atoms with E-state index in [1.54, 1.807) is 19.2 Å². The smallest absolute Gasteiger partial charge is 0.261 e. The minimum atomic E-state index is -0.634.